The summed E-state index contributed by atoms with van der Waals surface area (Å²) in [7, 11) is 0. The zero-order valence-corrected chi connectivity index (χ0v) is 10.2. The van der Waals surface area contributed by atoms with Crippen molar-refractivity contribution >= 4 is 0 Å². The van der Waals surface area contributed by atoms with Gasteiger partial charge in [-0.05, 0) is 37.5 Å². The van der Waals surface area contributed by atoms with Gasteiger partial charge in [0.15, 0.2) is 11.6 Å². The summed E-state index contributed by atoms with van der Waals surface area (Å²) >= 11 is 0. The fraction of sp³-hybridized carbons (Fsp3) is 0.385. The highest BCUT2D eigenvalue weighted by atomic mass is 19.1. The number of benzene rings is 1. The van der Waals surface area contributed by atoms with Crippen LogP contribution in [0.25, 0.3) is 11.4 Å². The summed E-state index contributed by atoms with van der Waals surface area (Å²) in [6.07, 6.45) is 2.73. The molecular weight excluding hydrogens is 249 g/mol. The number of nitrogens with two attached hydrogens (primary N) is 1. The summed E-state index contributed by atoms with van der Waals surface area (Å²) in [5.74, 6) is -0.0232. The topological polar surface area (TPSA) is 85.2 Å². The second-order valence-electron chi connectivity index (χ2n) is 4.89. The standard InChI is InChI=1S/C13H14FN3O2/c14-10-6-7(2-4-11(10)18)12-16-13(19-17-12)8-1-3-9(15)5-8/h2,4,6,8-9,18H,1,3,5,15H2/t8-,9+/m1/s1. The van der Waals surface area contributed by atoms with Crippen LogP contribution in [-0.4, -0.2) is 21.3 Å². The largest absolute Gasteiger partial charge is 0.505 e. The van der Waals surface area contributed by atoms with Crippen molar-refractivity contribution in [2.75, 3.05) is 0 Å². The molecule has 0 amide bonds. The Hall–Kier alpha value is -1.95. The first-order valence-corrected chi connectivity index (χ1v) is 6.21. The molecule has 1 fully saturated rings. The van der Waals surface area contributed by atoms with Gasteiger partial charge in [-0.1, -0.05) is 5.16 Å². The van der Waals surface area contributed by atoms with E-state index in [-0.39, 0.29) is 12.0 Å². The van der Waals surface area contributed by atoms with Gasteiger partial charge in [-0.3, -0.25) is 0 Å². The maximum atomic E-state index is 13.3. The van der Waals surface area contributed by atoms with E-state index >= 15 is 0 Å². The zero-order valence-electron chi connectivity index (χ0n) is 10.2. The first-order valence-electron chi connectivity index (χ1n) is 6.21. The second kappa shape index (κ2) is 4.62. The molecule has 0 saturated heterocycles. The van der Waals surface area contributed by atoms with Crippen molar-refractivity contribution in [2.24, 2.45) is 5.73 Å². The van der Waals surface area contributed by atoms with Gasteiger partial charge in [-0.25, -0.2) is 4.39 Å². The molecule has 1 aromatic carbocycles. The predicted molar refractivity (Wildman–Crippen MR) is 65.9 cm³/mol. The second-order valence-corrected chi connectivity index (χ2v) is 4.89. The molecule has 0 aliphatic heterocycles. The molecule has 1 saturated carbocycles. The first-order chi connectivity index (χ1) is 9.13. The summed E-state index contributed by atoms with van der Waals surface area (Å²) in [6.45, 7) is 0. The van der Waals surface area contributed by atoms with Crippen molar-refractivity contribution in [3.8, 4) is 17.1 Å². The van der Waals surface area contributed by atoms with Crippen LogP contribution in [0.2, 0.25) is 0 Å². The lowest BCUT2D eigenvalue weighted by Gasteiger charge is -2.01. The molecule has 1 aromatic heterocycles. The van der Waals surface area contributed by atoms with E-state index in [1.807, 2.05) is 0 Å². The quantitative estimate of drug-likeness (QED) is 0.867. The number of phenolic OH excluding ortho intramolecular Hbond substituents is 1. The molecular formula is C13H14FN3O2. The summed E-state index contributed by atoms with van der Waals surface area (Å²) in [5, 5.41) is 13.0. The molecule has 100 valence electrons. The van der Waals surface area contributed by atoms with E-state index in [0.29, 0.717) is 17.3 Å². The van der Waals surface area contributed by atoms with Crippen LogP contribution in [-0.2, 0) is 0 Å². The Labute approximate surface area is 109 Å². The smallest absolute Gasteiger partial charge is 0.230 e. The Morgan fingerprint density at radius 1 is 1.37 bits per heavy atom. The van der Waals surface area contributed by atoms with Gasteiger partial charge in [0.25, 0.3) is 0 Å². The Morgan fingerprint density at radius 3 is 2.89 bits per heavy atom. The molecule has 5 nitrogen and oxygen atoms in total. The normalized spacial score (nSPS) is 22.8. The molecule has 6 heteroatoms. The van der Waals surface area contributed by atoms with Gasteiger partial charge in [0.2, 0.25) is 11.7 Å². The van der Waals surface area contributed by atoms with Gasteiger partial charge in [-0.15, -0.1) is 0 Å². The minimum atomic E-state index is -0.702. The van der Waals surface area contributed by atoms with Crippen LogP contribution >= 0.6 is 0 Å². The fourth-order valence-electron chi connectivity index (χ4n) is 2.40. The van der Waals surface area contributed by atoms with Crippen LogP contribution in [0.5, 0.6) is 5.75 Å². The molecule has 2 atom stereocenters. The van der Waals surface area contributed by atoms with Crippen LogP contribution in [0.15, 0.2) is 22.7 Å². The third kappa shape index (κ3) is 2.31. The van der Waals surface area contributed by atoms with Gasteiger partial charge in [-0.2, -0.15) is 4.98 Å². The molecule has 1 aliphatic rings. The number of aromatic nitrogens is 2. The highest BCUT2D eigenvalue weighted by molar-refractivity contribution is 5.55. The monoisotopic (exact) mass is 263 g/mol. The van der Waals surface area contributed by atoms with Crippen molar-refractivity contribution in [3.63, 3.8) is 0 Å². The zero-order chi connectivity index (χ0) is 13.4. The van der Waals surface area contributed by atoms with E-state index in [1.165, 1.54) is 12.1 Å². The van der Waals surface area contributed by atoms with Crippen molar-refractivity contribution < 1.29 is 14.0 Å². The molecule has 19 heavy (non-hydrogen) atoms. The van der Waals surface area contributed by atoms with E-state index < -0.39 is 11.6 Å². The molecule has 3 N–H and O–H groups in total. The highest BCUT2D eigenvalue weighted by Crippen LogP contribution is 2.33. The average Bonchev–Trinajstić information content (AvgIpc) is 3.01. The lowest BCUT2D eigenvalue weighted by Crippen LogP contribution is -2.14. The number of aromatic hydroxyl groups is 1. The number of hydrogen-bond donors (Lipinski definition) is 2. The molecule has 0 unspecified atom stereocenters. The van der Waals surface area contributed by atoms with E-state index in [0.717, 1.165) is 19.3 Å². The van der Waals surface area contributed by atoms with E-state index in [1.54, 1.807) is 6.07 Å². The Kier molecular flexibility index (Phi) is 2.94. The average molecular weight is 263 g/mol. The molecule has 0 bridgehead atoms. The molecule has 0 radical (unpaired) electrons. The van der Waals surface area contributed by atoms with Gasteiger partial charge >= 0.3 is 0 Å². The Morgan fingerprint density at radius 2 is 2.21 bits per heavy atom. The lowest BCUT2D eigenvalue weighted by molar-refractivity contribution is 0.353. The summed E-state index contributed by atoms with van der Waals surface area (Å²) < 4.78 is 18.5. The molecule has 1 heterocycles. The number of halogens is 1. The molecule has 0 spiro atoms. The van der Waals surface area contributed by atoms with E-state index in [2.05, 4.69) is 10.1 Å². The summed E-state index contributed by atoms with van der Waals surface area (Å²) in [4.78, 5) is 4.29. The Bertz CT molecular complexity index is 599. The number of phenols is 1. The maximum Gasteiger partial charge on any atom is 0.230 e. The first kappa shape index (κ1) is 12.1. The molecule has 3 rings (SSSR count). The van der Waals surface area contributed by atoms with Crippen LogP contribution in [0.4, 0.5) is 4.39 Å². The highest BCUT2D eigenvalue weighted by Gasteiger charge is 2.28. The predicted octanol–water partition coefficient (Wildman–Crippen LogP) is 2.18. The Balaban J connectivity index is 1.86. The SMILES string of the molecule is N[C@H]1CC[C@@H](c2nc(-c3ccc(O)c(F)c3)no2)C1. The minimum Gasteiger partial charge on any atom is -0.505 e. The van der Waals surface area contributed by atoms with Crippen molar-refractivity contribution in [3.05, 3.63) is 29.9 Å². The fourth-order valence-corrected chi connectivity index (χ4v) is 2.40. The van der Waals surface area contributed by atoms with Crippen molar-refractivity contribution in [2.45, 2.75) is 31.2 Å². The summed E-state index contributed by atoms with van der Waals surface area (Å²) in [5.41, 5.74) is 6.33. The van der Waals surface area contributed by atoms with Crippen molar-refractivity contribution in [1.82, 2.24) is 10.1 Å². The van der Waals surface area contributed by atoms with Gasteiger partial charge in [0.05, 0.1) is 0 Å². The van der Waals surface area contributed by atoms with Crippen LogP contribution < -0.4 is 5.73 Å². The number of nitrogens with zero attached hydrogens (tertiary/aromatic N) is 2. The van der Waals surface area contributed by atoms with Gasteiger partial charge < -0.3 is 15.4 Å². The maximum absolute atomic E-state index is 13.3. The van der Waals surface area contributed by atoms with Crippen molar-refractivity contribution in [1.29, 1.82) is 0 Å². The number of hydrogen-bond acceptors (Lipinski definition) is 5. The third-order valence-electron chi connectivity index (χ3n) is 3.47. The minimum absolute atomic E-state index is 0.187. The number of rotatable bonds is 2. The molecule has 2 aromatic rings. The molecule has 1 aliphatic carbocycles. The van der Waals surface area contributed by atoms with Gasteiger partial charge in [0, 0.05) is 17.5 Å². The van der Waals surface area contributed by atoms with Crippen LogP contribution in [0.1, 0.15) is 31.1 Å². The van der Waals surface area contributed by atoms with Gasteiger partial charge in [0.1, 0.15) is 0 Å². The van der Waals surface area contributed by atoms with E-state index in [9.17, 15) is 4.39 Å². The van der Waals surface area contributed by atoms with E-state index in [4.69, 9.17) is 15.4 Å². The summed E-state index contributed by atoms with van der Waals surface area (Å²) in [6, 6.07) is 4.19. The van der Waals surface area contributed by atoms with Crippen LogP contribution in [0.3, 0.4) is 0 Å². The third-order valence-corrected chi connectivity index (χ3v) is 3.47. The van der Waals surface area contributed by atoms with Crippen LogP contribution in [0, 0.1) is 5.82 Å². The lowest BCUT2D eigenvalue weighted by atomic mass is 10.1.